The summed E-state index contributed by atoms with van der Waals surface area (Å²) in [6.45, 7) is 3.01. The third-order valence-electron chi connectivity index (χ3n) is 1.25. The predicted molar refractivity (Wildman–Crippen MR) is 46.7 cm³/mol. The fourth-order valence-corrected chi connectivity index (χ4v) is 0.991. The quantitative estimate of drug-likeness (QED) is 0.358. The number of hydrogen-bond acceptors (Lipinski definition) is 5. The molecule has 0 aromatic heterocycles. The van der Waals surface area contributed by atoms with Crippen molar-refractivity contribution in [3.05, 3.63) is 0 Å². The lowest BCUT2D eigenvalue weighted by molar-refractivity contribution is -0.143. The highest BCUT2D eigenvalue weighted by Gasteiger charge is 2.07. The lowest BCUT2D eigenvalue weighted by Crippen LogP contribution is -2.14. The van der Waals surface area contributed by atoms with Gasteiger partial charge >= 0.3 is 5.97 Å². The molecule has 0 unspecified atom stereocenters. The monoisotopic (exact) mass is 210 g/mol. The molecule has 13 heavy (non-hydrogen) atoms. The number of ether oxygens (including phenoxy) is 1. The van der Waals surface area contributed by atoms with E-state index in [-0.39, 0.29) is 31.4 Å². The Balaban J connectivity index is 3.52. The highest BCUT2D eigenvalue weighted by Crippen LogP contribution is 1.92. The minimum atomic E-state index is -3.42. The fourth-order valence-electron chi connectivity index (χ4n) is 0.502. The van der Waals surface area contributed by atoms with Crippen LogP contribution in [0.25, 0.3) is 0 Å². The number of esters is 1. The molecule has 0 radical (unpaired) electrons. The van der Waals surface area contributed by atoms with Gasteiger partial charge < -0.3 is 4.74 Å². The van der Waals surface area contributed by atoms with E-state index in [1.165, 1.54) is 6.92 Å². The summed E-state index contributed by atoms with van der Waals surface area (Å²) in [6.07, 6.45) is 0.278. The highest BCUT2D eigenvalue weighted by atomic mass is 32.2. The molecule has 0 aliphatic rings. The number of carbonyl (C=O) groups is 1. The fraction of sp³-hybridized carbons (Fsp3) is 0.857. The van der Waals surface area contributed by atoms with Crippen LogP contribution in [-0.2, 0) is 23.8 Å². The van der Waals surface area contributed by atoms with E-state index < -0.39 is 10.1 Å². The summed E-state index contributed by atoms with van der Waals surface area (Å²) >= 11 is 0. The van der Waals surface area contributed by atoms with Gasteiger partial charge in [-0.25, -0.2) is 0 Å². The molecular formula is C7H14O5S. The van der Waals surface area contributed by atoms with Gasteiger partial charge in [-0.15, -0.1) is 0 Å². The Labute approximate surface area is 78.2 Å². The smallest absolute Gasteiger partial charge is 0.305 e. The Kier molecular flexibility index (Phi) is 5.65. The summed E-state index contributed by atoms with van der Waals surface area (Å²) in [5, 5.41) is 0. The standard InChI is InChI=1S/C7H14O5S/c1-3-7(8)11-5-6-12-13(9,10)4-2/h3-6H2,1-2H3. The number of rotatable bonds is 6. The zero-order chi connectivity index (χ0) is 10.3. The maximum atomic E-state index is 10.8. The molecular weight excluding hydrogens is 196 g/mol. The molecule has 0 saturated carbocycles. The van der Waals surface area contributed by atoms with Crippen LogP contribution < -0.4 is 0 Å². The van der Waals surface area contributed by atoms with Crippen LogP contribution in [0.1, 0.15) is 20.3 Å². The second-order valence-corrected chi connectivity index (χ2v) is 4.17. The number of hydrogen-bond donors (Lipinski definition) is 0. The van der Waals surface area contributed by atoms with Crippen molar-refractivity contribution in [3.63, 3.8) is 0 Å². The Morgan fingerprint density at radius 1 is 1.23 bits per heavy atom. The van der Waals surface area contributed by atoms with Crippen LogP contribution in [0.4, 0.5) is 0 Å². The van der Waals surface area contributed by atoms with E-state index in [2.05, 4.69) is 8.92 Å². The van der Waals surface area contributed by atoms with E-state index in [9.17, 15) is 13.2 Å². The summed E-state index contributed by atoms with van der Waals surface area (Å²) < 4.78 is 30.6. The van der Waals surface area contributed by atoms with E-state index in [1.54, 1.807) is 6.92 Å². The Bertz CT molecular complexity index is 244. The summed E-state index contributed by atoms with van der Waals surface area (Å²) in [5.41, 5.74) is 0. The van der Waals surface area contributed by atoms with Gasteiger partial charge in [0.1, 0.15) is 13.2 Å². The van der Waals surface area contributed by atoms with Gasteiger partial charge in [0, 0.05) is 6.42 Å². The lowest BCUT2D eigenvalue weighted by atomic mass is 10.5. The molecule has 0 spiro atoms. The van der Waals surface area contributed by atoms with E-state index in [4.69, 9.17) is 0 Å². The van der Waals surface area contributed by atoms with Crippen LogP contribution in [0, 0.1) is 0 Å². The maximum absolute atomic E-state index is 10.8. The van der Waals surface area contributed by atoms with Gasteiger partial charge in [-0.1, -0.05) is 6.92 Å². The molecule has 78 valence electrons. The van der Waals surface area contributed by atoms with Crippen molar-refractivity contribution in [2.24, 2.45) is 0 Å². The first kappa shape index (κ1) is 12.4. The summed E-state index contributed by atoms with van der Waals surface area (Å²) in [4.78, 5) is 10.6. The topological polar surface area (TPSA) is 69.7 Å². The zero-order valence-corrected chi connectivity index (χ0v) is 8.59. The second-order valence-electron chi connectivity index (χ2n) is 2.24. The van der Waals surface area contributed by atoms with Crippen molar-refractivity contribution in [2.45, 2.75) is 20.3 Å². The van der Waals surface area contributed by atoms with Crippen molar-refractivity contribution in [2.75, 3.05) is 19.0 Å². The van der Waals surface area contributed by atoms with E-state index in [0.29, 0.717) is 0 Å². The molecule has 5 nitrogen and oxygen atoms in total. The second kappa shape index (κ2) is 5.93. The van der Waals surface area contributed by atoms with Crippen molar-refractivity contribution in [1.82, 2.24) is 0 Å². The van der Waals surface area contributed by atoms with Crippen LogP contribution in [0.2, 0.25) is 0 Å². The van der Waals surface area contributed by atoms with E-state index in [1.807, 2.05) is 0 Å². The van der Waals surface area contributed by atoms with Gasteiger partial charge in [-0.3, -0.25) is 8.98 Å². The van der Waals surface area contributed by atoms with Gasteiger partial charge in [-0.05, 0) is 6.92 Å². The molecule has 0 saturated heterocycles. The molecule has 0 bridgehead atoms. The molecule has 0 heterocycles. The molecule has 0 atom stereocenters. The first-order valence-electron chi connectivity index (χ1n) is 4.04. The Morgan fingerprint density at radius 3 is 2.31 bits per heavy atom. The van der Waals surface area contributed by atoms with Crippen LogP contribution in [0.5, 0.6) is 0 Å². The lowest BCUT2D eigenvalue weighted by Gasteiger charge is -2.03. The summed E-state index contributed by atoms with van der Waals surface area (Å²) in [6, 6.07) is 0. The minimum absolute atomic E-state index is 0.0219. The Morgan fingerprint density at radius 2 is 1.85 bits per heavy atom. The highest BCUT2D eigenvalue weighted by molar-refractivity contribution is 7.86. The van der Waals surface area contributed by atoms with Gasteiger partial charge in [0.2, 0.25) is 0 Å². The van der Waals surface area contributed by atoms with Crippen molar-refractivity contribution < 1.29 is 22.1 Å². The average Bonchev–Trinajstić information content (AvgIpc) is 2.12. The molecule has 0 aromatic carbocycles. The molecule has 0 aliphatic carbocycles. The van der Waals surface area contributed by atoms with Crippen LogP contribution >= 0.6 is 0 Å². The molecule has 0 aromatic rings. The minimum Gasteiger partial charge on any atom is -0.463 e. The van der Waals surface area contributed by atoms with Gasteiger partial charge in [0.05, 0.1) is 5.75 Å². The van der Waals surface area contributed by atoms with Crippen LogP contribution in [0.15, 0.2) is 0 Å². The van der Waals surface area contributed by atoms with Gasteiger partial charge in [0.25, 0.3) is 10.1 Å². The largest absolute Gasteiger partial charge is 0.463 e. The van der Waals surface area contributed by atoms with E-state index >= 15 is 0 Å². The molecule has 0 N–H and O–H groups in total. The molecule has 0 aliphatic heterocycles. The number of carbonyl (C=O) groups excluding carboxylic acids is 1. The molecule has 0 fully saturated rings. The SMILES string of the molecule is CCC(=O)OCCOS(=O)(=O)CC. The summed E-state index contributed by atoms with van der Waals surface area (Å²) in [7, 11) is -3.42. The third kappa shape index (κ3) is 6.53. The van der Waals surface area contributed by atoms with E-state index in [0.717, 1.165) is 0 Å². The molecule has 6 heteroatoms. The third-order valence-corrected chi connectivity index (χ3v) is 2.48. The predicted octanol–water partition coefficient (Wildman–Crippen LogP) is 0.306. The van der Waals surface area contributed by atoms with Crippen molar-refractivity contribution >= 4 is 16.1 Å². The van der Waals surface area contributed by atoms with Gasteiger partial charge in [-0.2, -0.15) is 8.42 Å². The van der Waals surface area contributed by atoms with Gasteiger partial charge in [0.15, 0.2) is 0 Å². The average molecular weight is 210 g/mol. The Hall–Kier alpha value is -0.620. The first-order valence-corrected chi connectivity index (χ1v) is 5.62. The normalized spacial score (nSPS) is 11.2. The maximum Gasteiger partial charge on any atom is 0.305 e. The summed E-state index contributed by atoms with van der Waals surface area (Å²) in [5.74, 6) is -0.438. The zero-order valence-electron chi connectivity index (χ0n) is 7.78. The van der Waals surface area contributed by atoms with Crippen LogP contribution in [0.3, 0.4) is 0 Å². The van der Waals surface area contributed by atoms with Crippen LogP contribution in [-0.4, -0.2) is 33.4 Å². The van der Waals surface area contributed by atoms with Crippen molar-refractivity contribution in [1.29, 1.82) is 0 Å². The van der Waals surface area contributed by atoms with Crippen molar-refractivity contribution in [3.8, 4) is 0 Å². The molecule has 0 amide bonds. The first-order chi connectivity index (χ1) is 6.02. The molecule has 0 rings (SSSR count).